The van der Waals surface area contributed by atoms with Gasteiger partial charge in [-0.25, -0.2) is 0 Å². The summed E-state index contributed by atoms with van der Waals surface area (Å²) in [5.74, 6) is -0.362. The molecule has 1 aliphatic rings. The zero-order chi connectivity index (χ0) is 17.4. The van der Waals surface area contributed by atoms with E-state index in [0.717, 1.165) is 18.7 Å². The molecule has 0 aromatic heterocycles. The van der Waals surface area contributed by atoms with Gasteiger partial charge in [-0.1, -0.05) is 29.3 Å². The van der Waals surface area contributed by atoms with Crippen LogP contribution in [-0.2, 0) is 19.1 Å². The number of aldehydes is 1. The lowest BCUT2D eigenvalue weighted by atomic mass is 9.95. The SMILES string of the molecule is O=CCOC(=O)CNC[C@@H]1CNCCO[C@H]1c1ccc(Cl)c(Cl)c1. The van der Waals surface area contributed by atoms with E-state index in [2.05, 4.69) is 10.6 Å². The minimum absolute atomic E-state index is 0.0401. The standard InChI is InChI=1S/C16H20Cl2N2O4/c17-13-2-1-11(7-14(13)18)16-12(8-19-3-5-24-16)9-20-10-15(22)23-6-4-21/h1-2,4,7,12,16,19-20H,3,5-6,8-10H2/t12-,16-/m0/s1. The molecule has 2 atom stereocenters. The average molecular weight is 375 g/mol. The zero-order valence-electron chi connectivity index (χ0n) is 13.1. The summed E-state index contributed by atoms with van der Waals surface area (Å²) in [4.78, 5) is 21.6. The number of halogens is 2. The second-order valence-electron chi connectivity index (χ2n) is 5.41. The van der Waals surface area contributed by atoms with Gasteiger partial charge in [-0.05, 0) is 17.7 Å². The Kier molecular flexibility index (Phi) is 7.94. The highest BCUT2D eigenvalue weighted by Gasteiger charge is 2.26. The number of esters is 1. The highest BCUT2D eigenvalue weighted by molar-refractivity contribution is 6.42. The second kappa shape index (κ2) is 9.96. The lowest BCUT2D eigenvalue weighted by Crippen LogP contribution is -2.36. The number of benzene rings is 1. The first-order chi connectivity index (χ1) is 11.6. The van der Waals surface area contributed by atoms with Crippen LogP contribution in [0.1, 0.15) is 11.7 Å². The Hall–Kier alpha value is -1.18. The number of nitrogens with one attached hydrogen (secondary N) is 2. The van der Waals surface area contributed by atoms with Gasteiger partial charge in [0.1, 0.15) is 6.61 Å². The molecule has 8 heteroatoms. The molecule has 0 saturated carbocycles. The summed E-state index contributed by atoms with van der Waals surface area (Å²) in [6, 6.07) is 5.46. The third-order valence-corrected chi connectivity index (χ3v) is 4.41. The van der Waals surface area contributed by atoms with E-state index in [1.165, 1.54) is 0 Å². The Balaban J connectivity index is 1.97. The van der Waals surface area contributed by atoms with Crippen LogP contribution < -0.4 is 10.6 Å². The van der Waals surface area contributed by atoms with Crippen LogP contribution in [0.4, 0.5) is 0 Å². The fraction of sp³-hybridized carbons (Fsp3) is 0.500. The Bertz CT molecular complexity index is 571. The lowest BCUT2D eigenvalue weighted by molar-refractivity contribution is -0.144. The molecule has 1 aromatic rings. The number of carbonyl (C=O) groups is 2. The highest BCUT2D eigenvalue weighted by atomic mass is 35.5. The van der Waals surface area contributed by atoms with Crippen molar-refractivity contribution in [1.29, 1.82) is 0 Å². The van der Waals surface area contributed by atoms with E-state index in [9.17, 15) is 9.59 Å². The monoisotopic (exact) mass is 374 g/mol. The Morgan fingerprint density at radius 1 is 1.42 bits per heavy atom. The van der Waals surface area contributed by atoms with Crippen molar-refractivity contribution in [2.24, 2.45) is 5.92 Å². The van der Waals surface area contributed by atoms with Crippen molar-refractivity contribution in [3.05, 3.63) is 33.8 Å². The second-order valence-corrected chi connectivity index (χ2v) is 6.22. The number of hydrogen-bond donors (Lipinski definition) is 2. The largest absolute Gasteiger partial charge is 0.457 e. The van der Waals surface area contributed by atoms with Gasteiger partial charge in [-0.2, -0.15) is 0 Å². The molecule has 1 aromatic carbocycles. The minimum atomic E-state index is -0.462. The van der Waals surface area contributed by atoms with Crippen molar-refractivity contribution in [1.82, 2.24) is 10.6 Å². The molecule has 0 bridgehead atoms. The van der Waals surface area contributed by atoms with Crippen LogP contribution in [0.15, 0.2) is 18.2 Å². The maximum Gasteiger partial charge on any atom is 0.320 e. The zero-order valence-corrected chi connectivity index (χ0v) is 14.6. The molecule has 0 aliphatic carbocycles. The summed E-state index contributed by atoms with van der Waals surface area (Å²) in [6.45, 7) is 2.45. The van der Waals surface area contributed by atoms with E-state index in [4.69, 9.17) is 32.7 Å². The van der Waals surface area contributed by atoms with Gasteiger partial charge in [0.2, 0.25) is 0 Å². The van der Waals surface area contributed by atoms with Gasteiger partial charge in [0.25, 0.3) is 0 Å². The fourth-order valence-corrected chi connectivity index (χ4v) is 2.87. The summed E-state index contributed by atoms with van der Waals surface area (Å²) < 4.78 is 10.6. The summed E-state index contributed by atoms with van der Waals surface area (Å²) in [7, 11) is 0. The average Bonchev–Trinajstić information content (AvgIpc) is 2.81. The van der Waals surface area contributed by atoms with Crippen molar-refractivity contribution in [2.45, 2.75) is 6.10 Å². The van der Waals surface area contributed by atoms with Gasteiger partial charge in [-0.3, -0.25) is 9.59 Å². The molecule has 2 rings (SSSR count). The van der Waals surface area contributed by atoms with Crippen molar-refractivity contribution in [2.75, 3.05) is 39.4 Å². The van der Waals surface area contributed by atoms with Gasteiger partial charge < -0.3 is 20.1 Å². The summed E-state index contributed by atoms with van der Waals surface area (Å²) in [5.41, 5.74) is 0.948. The normalized spacial score (nSPS) is 21.1. The molecule has 24 heavy (non-hydrogen) atoms. The van der Waals surface area contributed by atoms with E-state index >= 15 is 0 Å². The van der Waals surface area contributed by atoms with Gasteiger partial charge in [0.15, 0.2) is 6.29 Å². The first-order valence-corrected chi connectivity index (χ1v) is 8.44. The maximum atomic E-state index is 11.4. The van der Waals surface area contributed by atoms with Crippen LogP contribution in [0, 0.1) is 5.92 Å². The summed E-state index contributed by atoms with van der Waals surface area (Å²) in [6.07, 6.45) is 0.384. The quantitative estimate of drug-likeness (QED) is 0.557. The smallest absolute Gasteiger partial charge is 0.320 e. The van der Waals surface area contributed by atoms with E-state index in [1.54, 1.807) is 6.07 Å². The Morgan fingerprint density at radius 3 is 3.00 bits per heavy atom. The number of carbonyl (C=O) groups excluding carboxylic acids is 2. The fourth-order valence-electron chi connectivity index (χ4n) is 2.56. The molecule has 1 saturated heterocycles. The van der Waals surface area contributed by atoms with Gasteiger partial charge in [-0.15, -0.1) is 0 Å². The molecular formula is C16H20Cl2N2O4. The molecule has 0 amide bonds. The third-order valence-electron chi connectivity index (χ3n) is 3.67. The highest BCUT2D eigenvalue weighted by Crippen LogP contribution is 2.31. The van der Waals surface area contributed by atoms with Crippen LogP contribution in [-0.4, -0.2) is 51.6 Å². The molecular weight excluding hydrogens is 355 g/mol. The summed E-state index contributed by atoms with van der Waals surface area (Å²) in [5, 5.41) is 7.34. The molecule has 1 fully saturated rings. The van der Waals surface area contributed by atoms with Crippen LogP contribution in [0.25, 0.3) is 0 Å². The van der Waals surface area contributed by atoms with E-state index in [0.29, 0.717) is 29.5 Å². The van der Waals surface area contributed by atoms with Gasteiger partial charge in [0.05, 0.1) is 29.3 Å². The van der Waals surface area contributed by atoms with Crippen molar-refractivity contribution >= 4 is 35.5 Å². The molecule has 1 heterocycles. The first kappa shape index (κ1) is 19.1. The van der Waals surface area contributed by atoms with Gasteiger partial charge in [0, 0.05) is 25.6 Å². The first-order valence-electron chi connectivity index (χ1n) is 7.69. The topological polar surface area (TPSA) is 76.7 Å². The minimum Gasteiger partial charge on any atom is -0.457 e. The van der Waals surface area contributed by atoms with Crippen LogP contribution >= 0.6 is 23.2 Å². The van der Waals surface area contributed by atoms with Crippen LogP contribution in [0.5, 0.6) is 0 Å². The molecule has 6 nitrogen and oxygen atoms in total. The van der Waals surface area contributed by atoms with E-state index < -0.39 is 5.97 Å². The van der Waals surface area contributed by atoms with Crippen LogP contribution in [0.2, 0.25) is 10.0 Å². The molecule has 2 N–H and O–H groups in total. The Labute approximate surface area is 150 Å². The lowest BCUT2D eigenvalue weighted by Gasteiger charge is -2.25. The number of ether oxygens (including phenoxy) is 2. The van der Waals surface area contributed by atoms with Crippen molar-refractivity contribution in [3.8, 4) is 0 Å². The predicted octanol–water partition coefficient (Wildman–Crippen LogP) is 1.60. The van der Waals surface area contributed by atoms with Crippen molar-refractivity contribution in [3.63, 3.8) is 0 Å². The van der Waals surface area contributed by atoms with E-state index in [1.807, 2.05) is 12.1 Å². The number of hydrogen-bond acceptors (Lipinski definition) is 6. The van der Waals surface area contributed by atoms with Gasteiger partial charge >= 0.3 is 5.97 Å². The Morgan fingerprint density at radius 2 is 2.25 bits per heavy atom. The van der Waals surface area contributed by atoms with Crippen LogP contribution in [0.3, 0.4) is 0 Å². The predicted molar refractivity (Wildman–Crippen MR) is 91.4 cm³/mol. The molecule has 0 unspecified atom stereocenters. The molecule has 1 aliphatic heterocycles. The number of rotatable bonds is 7. The maximum absolute atomic E-state index is 11.4. The van der Waals surface area contributed by atoms with Crippen molar-refractivity contribution < 1.29 is 19.1 Å². The third kappa shape index (κ3) is 5.72. The molecule has 0 spiro atoms. The molecule has 0 radical (unpaired) electrons. The molecule has 132 valence electrons. The summed E-state index contributed by atoms with van der Waals surface area (Å²) >= 11 is 12.1. The van der Waals surface area contributed by atoms with E-state index in [-0.39, 0.29) is 25.2 Å².